The number of aryl methyl sites for hydroxylation is 1. The highest BCUT2D eigenvalue weighted by Gasteiger charge is 2.24. The van der Waals surface area contributed by atoms with E-state index < -0.39 is 11.8 Å². The molecular weight excluding hydrogens is 378 g/mol. The fraction of sp³-hybridized carbons (Fsp3) is 0.250. The number of thiophene rings is 1. The number of ether oxygens (including phenoxy) is 1. The lowest BCUT2D eigenvalue weighted by molar-refractivity contribution is 0.0990. The number of primary amides is 2. The van der Waals surface area contributed by atoms with Crippen molar-refractivity contribution in [2.75, 3.05) is 7.11 Å². The number of hydrogen-bond acceptors (Lipinski definition) is 6. The van der Waals surface area contributed by atoms with Gasteiger partial charge in [-0.15, -0.1) is 11.3 Å². The second-order valence-electron chi connectivity index (χ2n) is 6.58. The van der Waals surface area contributed by atoms with Crippen LogP contribution in [0.1, 0.15) is 44.0 Å². The van der Waals surface area contributed by atoms with Gasteiger partial charge in [0.05, 0.1) is 12.7 Å². The summed E-state index contributed by atoms with van der Waals surface area (Å²) in [4.78, 5) is 29.7. The first-order valence-corrected chi connectivity index (χ1v) is 9.71. The maximum Gasteiger partial charge on any atom is 0.254 e. The minimum Gasteiger partial charge on any atom is -0.493 e. The fourth-order valence-electron chi connectivity index (χ4n) is 3.52. The zero-order valence-electron chi connectivity index (χ0n) is 15.3. The summed E-state index contributed by atoms with van der Waals surface area (Å²) in [6, 6.07) is 6.94. The number of nitrogens with two attached hydrogens (primary N) is 2. The molecule has 4 N–H and O–H groups in total. The molecule has 0 bridgehead atoms. The standard InChI is InChI=1S/C20H19N3O4S/c1-26-13-7-4-5-10-9-12(17(21)24)19(27-16(10)13)23-20-15(18(22)25)11-6-2-3-8-14(11)28-20/h4-5,7,9H,2-3,6,8H2,1H3,(H2,21,24)(H2,22,25). The second kappa shape index (κ2) is 7.12. The van der Waals surface area contributed by atoms with E-state index in [0.717, 1.165) is 36.1 Å². The molecule has 0 radical (unpaired) electrons. The van der Waals surface area contributed by atoms with Crippen LogP contribution in [0.25, 0.3) is 11.0 Å². The number of methoxy groups -OCH3 is 1. The van der Waals surface area contributed by atoms with Crippen LogP contribution in [0.5, 0.6) is 5.75 Å². The molecule has 4 rings (SSSR count). The largest absolute Gasteiger partial charge is 0.493 e. The van der Waals surface area contributed by atoms with Crippen molar-refractivity contribution in [3.05, 3.63) is 51.4 Å². The molecule has 0 spiro atoms. The van der Waals surface area contributed by atoms with E-state index in [1.807, 2.05) is 0 Å². The van der Waals surface area contributed by atoms with Gasteiger partial charge in [-0.3, -0.25) is 9.59 Å². The van der Waals surface area contributed by atoms with Crippen LogP contribution in [0.4, 0.5) is 5.00 Å². The van der Waals surface area contributed by atoms with Gasteiger partial charge in [0, 0.05) is 10.3 Å². The molecule has 1 aromatic carbocycles. The normalized spacial score (nSPS) is 14.1. The second-order valence-corrected chi connectivity index (χ2v) is 7.66. The summed E-state index contributed by atoms with van der Waals surface area (Å²) in [6.07, 6.45) is 3.76. The molecular formula is C20H19N3O4S. The van der Waals surface area contributed by atoms with E-state index in [1.165, 1.54) is 18.4 Å². The Morgan fingerprint density at radius 1 is 1.18 bits per heavy atom. The van der Waals surface area contributed by atoms with Crippen LogP contribution in [-0.4, -0.2) is 18.9 Å². The van der Waals surface area contributed by atoms with Crippen molar-refractivity contribution in [3.8, 4) is 5.75 Å². The fourth-order valence-corrected chi connectivity index (χ4v) is 4.78. The summed E-state index contributed by atoms with van der Waals surface area (Å²) in [7, 11) is 1.53. The van der Waals surface area contributed by atoms with Crippen LogP contribution in [0.3, 0.4) is 0 Å². The molecule has 7 nitrogen and oxygen atoms in total. The number of hydrogen-bond donors (Lipinski definition) is 2. The third-order valence-electron chi connectivity index (χ3n) is 4.83. The van der Waals surface area contributed by atoms with E-state index in [4.69, 9.17) is 20.6 Å². The van der Waals surface area contributed by atoms with Gasteiger partial charge in [-0.2, -0.15) is 0 Å². The van der Waals surface area contributed by atoms with Gasteiger partial charge in [0.1, 0.15) is 10.6 Å². The summed E-state index contributed by atoms with van der Waals surface area (Å²) in [6.45, 7) is 0. The number of para-hydroxylation sites is 1. The molecule has 8 heteroatoms. The van der Waals surface area contributed by atoms with E-state index in [9.17, 15) is 9.59 Å². The predicted molar refractivity (Wildman–Crippen MR) is 106 cm³/mol. The van der Waals surface area contributed by atoms with Crippen molar-refractivity contribution >= 4 is 39.1 Å². The number of carbonyl (C=O) groups is 2. The minimum absolute atomic E-state index is 0.0330. The highest BCUT2D eigenvalue weighted by Crippen LogP contribution is 2.39. The minimum atomic E-state index is -0.672. The van der Waals surface area contributed by atoms with Gasteiger partial charge in [-0.1, -0.05) is 12.1 Å². The third kappa shape index (κ3) is 3.05. The molecule has 144 valence electrons. The Labute approximate surface area is 164 Å². The van der Waals surface area contributed by atoms with Crippen LogP contribution in [0.15, 0.2) is 33.7 Å². The lowest BCUT2D eigenvalue weighted by Gasteiger charge is -2.10. The maximum atomic E-state index is 12.1. The van der Waals surface area contributed by atoms with Crippen LogP contribution >= 0.6 is 11.3 Å². The van der Waals surface area contributed by atoms with E-state index in [-0.39, 0.29) is 11.1 Å². The number of nitrogens with zero attached hydrogens (tertiary/aromatic N) is 1. The van der Waals surface area contributed by atoms with Crippen LogP contribution in [-0.2, 0) is 12.8 Å². The molecule has 0 saturated carbocycles. The van der Waals surface area contributed by atoms with Gasteiger partial charge < -0.3 is 20.6 Å². The van der Waals surface area contributed by atoms with E-state index in [1.54, 1.807) is 24.3 Å². The lowest BCUT2D eigenvalue weighted by Crippen LogP contribution is -2.22. The molecule has 2 amide bonds. The van der Waals surface area contributed by atoms with Crippen LogP contribution in [0, 0.1) is 0 Å². The van der Waals surface area contributed by atoms with Gasteiger partial charge in [0.15, 0.2) is 11.3 Å². The molecule has 1 aliphatic carbocycles. The zero-order chi connectivity index (χ0) is 19.8. The summed E-state index contributed by atoms with van der Waals surface area (Å²) in [5.74, 6) is -0.697. The van der Waals surface area contributed by atoms with E-state index >= 15 is 0 Å². The van der Waals surface area contributed by atoms with Gasteiger partial charge >= 0.3 is 0 Å². The summed E-state index contributed by atoms with van der Waals surface area (Å²) >= 11 is 1.41. The Balaban J connectivity index is 2.02. The topological polar surface area (TPSA) is 121 Å². The average Bonchev–Trinajstić information content (AvgIpc) is 3.04. The zero-order valence-corrected chi connectivity index (χ0v) is 16.1. The first-order chi connectivity index (χ1) is 13.5. The van der Waals surface area contributed by atoms with Crippen molar-refractivity contribution in [2.45, 2.75) is 25.7 Å². The highest BCUT2D eigenvalue weighted by molar-refractivity contribution is 7.16. The third-order valence-corrected chi connectivity index (χ3v) is 6.01. The number of amides is 2. The van der Waals surface area contributed by atoms with Gasteiger partial charge in [-0.25, -0.2) is 4.99 Å². The average molecular weight is 397 g/mol. The smallest absolute Gasteiger partial charge is 0.254 e. The Morgan fingerprint density at radius 2 is 1.96 bits per heavy atom. The van der Waals surface area contributed by atoms with Gasteiger partial charge in [-0.05, 0) is 43.4 Å². The molecule has 2 aromatic heterocycles. The monoisotopic (exact) mass is 397 g/mol. The molecule has 3 aromatic rings. The van der Waals surface area contributed by atoms with E-state index in [2.05, 4.69) is 4.99 Å². The first-order valence-electron chi connectivity index (χ1n) is 8.89. The number of fused-ring (bicyclic) bond motifs is 2. The number of benzene rings is 1. The Bertz CT molecular complexity index is 1180. The molecule has 1 aliphatic rings. The molecule has 0 atom stereocenters. The first kappa shape index (κ1) is 18.2. The lowest BCUT2D eigenvalue weighted by atomic mass is 9.95. The summed E-state index contributed by atoms with van der Waals surface area (Å²) in [5.41, 5.74) is 13.2. The Morgan fingerprint density at radius 3 is 2.68 bits per heavy atom. The quantitative estimate of drug-likeness (QED) is 0.703. The Kier molecular flexibility index (Phi) is 4.64. The molecule has 28 heavy (non-hydrogen) atoms. The molecule has 0 unspecified atom stereocenters. The number of rotatable bonds is 4. The predicted octanol–water partition coefficient (Wildman–Crippen LogP) is 2.81. The van der Waals surface area contributed by atoms with Crippen LogP contribution in [0.2, 0.25) is 0 Å². The molecule has 0 saturated heterocycles. The van der Waals surface area contributed by atoms with Gasteiger partial charge in [0.2, 0.25) is 5.55 Å². The van der Waals surface area contributed by atoms with Crippen molar-refractivity contribution in [1.82, 2.24) is 0 Å². The molecule has 0 aliphatic heterocycles. The van der Waals surface area contributed by atoms with Crippen molar-refractivity contribution < 1.29 is 18.7 Å². The van der Waals surface area contributed by atoms with Crippen molar-refractivity contribution in [1.29, 1.82) is 0 Å². The van der Waals surface area contributed by atoms with Crippen molar-refractivity contribution in [2.24, 2.45) is 16.5 Å². The van der Waals surface area contributed by atoms with Crippen LogP contribution < -0.4 is 21.8 Å². The van der Waals surface area contributed by atoms with E-state index in [0.29, 0.717) is 27.3 Å². The molecule has 2 heterocycles. The molecule has 0 fully saturated rings. The maximum absolute atomic E-state index is 12.1. The number of carbonyl (C=O) groups excluding carboxylic acids is 2. The Hall–Kier alpha value is -3.13. The summed E-state index contributed by atoms with van der Waals surface area (Å²) in [5, 5.41) is 1.10. The van der Waals surface area contributed by atoms with Gasteiger partial charge in [0.25, 0.3) is 11.8 Å². The van der Waals surface area contributed by atoms with Crippen molar-refractivity contribution in [3.63, 3.8) is 0 Å². The highest BCUT2D eigenvalue weighted by atomic mass is 32.1. The summed E-state index contributed by atoms with van der Waals surface area (Å²) < 4.78 is 11.2. The SMILES string of the molecule is COc1cccc2cc(C(N)=O)c(=Nc3sc4c(c3C(N)=O)CCCC4)oc12.